The van der Waals surface area contributed by atoms with Crippen molar-refractivity contribution < 1.29 is 4.79 Å². The Hall–Kier alpha value is -2.62. The second kappa shape index (κ2) is 8.38. The molecule has 3 aromatic rings. The van der Waals surface area contributed by atoms with Crippen LogP contribution >= 0.6 is 0 Å². The maximum atomic E-state index is 12.6. The van der Waals surface area contributed by atoms with Gasteiger partial charge in [-0.25, -0.2) is 0 Å². The van der Waals surface area contributed by atoms with Gasteiger partial charge in [0.05, 0.1) is 11.4 Å². The van der Waals surface area contributed by atoms with Crippen molar-refractivity contribution in [2.75, 3.05) is 13.1 Å². The first kappa shape index (κ1) is 17.8. The molecule has 4 heteroatoms. The number of aryl methyl sites for hydroxylation is 1. The Kier molecular flexibility index (Phi) is 5.52. The molecule has 0 atom stereocenters. The number of carbonyl (C=O) groups excluding carboxylic acids is 1. The van der Waals surface area contributed by atoms with Gasteiger partial charge in [0.1, 0.15) is 0 Å². The molecule has 0 bridgehead atoms. The number of benzene rings is 1. The lowest BCUT2D eigenvalue weighted by molar-refractivity contribution is -0.131. The highest BCUT2D eigenvalue weighted by atomic mass is 16.2. The van der Waals surface area contributed by atoms with E-state index in [0.717, 1.165) is 55.7 Å². The van der Waals surface area contributed by atoms with Crippen molar-refractivity contribution in [3.05, 3.63) is 54.2 Å². The largest absolute Gasteiger partial charge is 0.353 e. The van der Waals surface area contributed by atoms with Gasteiger partial charge < -0.3 is 9.88 Å². The van der Waals surface area contributed by atoms with Crippen LogP contribution in [0.3, 0.4) is 0 Å². The molecule has 0 spiro atoms. The Balaban J connectivity index is 1.50. The third-order valence-corrected chi connectivity index (χ3v) is 5.51. The first-order valence-electron chi connectivity index (χ1n) is 10.1. The molecule has 0 unspecified atom stereocenters. The van der Waals surface area contributed by atoms with Gasteiger partial charge in [-0.05, 0) is 49.4 Å². The summed E-state index contributed by atoms with van der Waals surface area (Å²) in [6, 6.07) is 14.4. The number of likely N-dealkylation sites (tertiary alicyclic amines) is 1. The summed E-state index contributed by atoms with van der Waals surface area (Å²) in [5, 5.41) is 1.24. The molecule has 0 saturated carbocycles. The fraction of sp³-hybridized carbons (Fsp3) is 0.391. The van der Waals surface area contributed by atoms with Gasteiger partial charge in [-0.15, -0.1) is 0 Å². The van der Waals surface area contributed by atoms with Crippen LogP contribution in [0.25, 0.3) is 22.3 Å². The van der Waals surface area contributed by atoms with Crippen LogP contribution in [-0.2, 0) is 11.2 Å². The van der Waals surface area contributed by atoms with Crippen molar-refractivity contribution in [3.63, 3.8) is 0 Å². The number of hydrogen-bond acceptors (Lipinski definition) is 2. The minimum atomic E-state index is 0.316. The first-order chi connectivity index (χ1) is 13.3. The zero-order valence-electron chi connectivity index (χ0n) is 15.8. The quantitative estimate of drug-likeness (QED) is 0.698. The van der Waals surface area contributed by atoms with Gasteiger partial charge >= 0.3 is 0 Å². The lowest BCUT2D eigenvalue weighted by Gasteiger charge is -2.20. The van der Waals surface area contributed by atoms with E-state index >= 15 is 0 Å². The van der Waals surface area contributed by atoms with Crippen molar-refractivity contribution in [2.24, 2.45) is 0 Å². The van der Waals surface area contributed by atoms with Crippen molar-refractivity contribution in [1.82, 2.24) is 14.9 Å². The number of carbonyl (C=O) groups is 1. The van der Waals surface area contributed by atoms with E-state index in [2.05, 4.69) is 33.1 Å². The Morgan fingerprint density at radius 1 is 1.00 bits per heavy atom. The third-order valence-electron chi connectivity index (χ3n) is 5.51. The molecule has 1 saturated heterocycles. The summed E-state index contributed by atoms with van der Waals surface area (Å²) in [6.07, 6.45) is 9.02. The van der Waals surface area contributed by atoms with E-state index in [1.807, 2.05) is 30.5 Å². The van der Waals surface area contributed by atoms with Gasteiger partial charge in [-0.3, -0.25) is 9.78 Å². The molecule has 1 amide bonds. The van der Waals surface area contributed by atoms with E-state index < -0.39 is 0 Å². The Morgan fingerprint density at radius 3 is 2.56 bits per heavy atom. The van der Waals surface area contributed by atoms with E-state index in [9.17, 15) is 4.79 Å². The van der Waals surface area contributed by atoms with E-state index in [4.69, 9.17) is 0 Å². The summed E-state index contributed by atoms with van der Waals surface area (Å²) in [4.78, 5) is 22.7. The highest BCUT2D eigenvalue weighted by Gasteiger charge is 2.17. The average Bonchev–Trinajstić information content (AvgIpc) is 2.88. The second-order valence-electron chi connectivity index (χ2n) is 7.39. The number of nitrogens with one attached hydrogen (secondary N) is 1. The van der Waals surface area contributed by atoms with Crippen molar-refractivity contribution >= 4 is 16.8 Å². The van der Waals surface area contributed by atoms with Gasteiger partial charge in [-0.2, -0.15) is 0 Å². The number of amides is 1. The predicted molar refractivity (Wildman–Crippen MR) is 110 cm³/mol. The molecule has 27 heavy (non-hydrogen) atoms. The molecule has 3 heterocycles. The molecule has 4 rings (SSSR count). The molecule has 0 radical (unpaired) electrons. The zero-order valence-corrected chi connectivity index (χ0v) is 15.8. The van der Waals surface area contributed by atoms with Crippen molar-refractivity contribution in [1.29, 1.82) is 0 Å². The molecule has 1 fully saturated rings. The molecule has 1 aliphatic rings. The first-order valence-corrected chi connectivity index (χ1v) is 10.1. The van der Waals surface area contributed by atoms with Gasteiger partial charge in [-0.1, -0.05) is 37.1 Å². The number of H-pyrrole nitrogens is 1. The SMILES string of the molecule is O=C(CCCc1c(-c2ccccn2)[nH]c2ccccc12)N1CCCCCC1. The Labute approximate surface area is 160 Å². The number of fused-ring (bicyclic) bond motifs is 1. The third kappa shape index (κ3) is 4.05. The number of aromatic nitrogens is 2. The molecular formula is C23H27N3O. The Morgan fingerprint density at radius 2 is 1.78 bits per heavy atom. The normalized spacial score (nSPS) is 15.0. The van der Waals surface area contributed by atoms with E-state index in [-0.39, 0.29) is 0 Å². The number of para-hydroxylation sites is 1. The molecule has 140 valence electrons. The van der Waals surface area contributed by atoms with Gasteiger partial charge in [0.2, 0.25) is 5.91 Å². The summed E-state index contributed by atoms with van der Waals surface area (Å²) < 4.78 is 0. The van der Waals surface area contributed by atoms with Crippen LogP contribution in [0, 0.1) is 0 Å². The highest BCUT2D eigenvalue weighted by molar-refractivity contribution is 5.90. The van der Waals surface area contributed by atoms with Gasteiger partial charge in [0, 0.05) is 36.6 Å². The van der Waals surface area contributed by atoms with Crippen LogP contribution in [0.15, 0.2) is 48.7 Å². The number of hydrogen-bond donors (Lipinski definition) is 1. The molecule has 2 aromatic heterocycles. The topological polar surface area (TPSA) is 49.0 Å². The molecule has 4 nitrogen and oxygen atoms in total. The number of rotatable bonds is 5. The highest BCUT2D eigenvalue weighted by Crippen LogP contribution is 2.30. The van der Waals surface area contributed by atoms with E-state index in [0.29, 0.717) is 12.3 Å². The lowest BCUT2D eigenvalue weighted by atomic mass is 10.0. The fourth-order valence-corrected chi connectivity index (χ4v) is 4.08. The van der Waals surface area contributed by atoms with Gasteiger partial charge in [0.15, 0.2) is 0 Å². The molecule has 0 aliphatic carbocycles. The minimum absolute atomic E-state index is 0.316. The molecule has 1 N–H and O–H groups in total. The number of aromatic amines is 1. The summed E-state index contributed by atoms with van der Waals surface area (Å²) in [6.45, 7) is 1.87. The predicted octanol–water partition coefficient (Wildman–Crippen LogP) is 4.96. The summed E-state index contributed by atoms with van der Waals surface area (Å²) in [5.41, 5.74) is 4.45. The molecular weight excluding hydrogens is 334 g/mol. The van der Waals surface area contributed by atoms with Gasteiger partial charge in [0.25, 0.3) is 0 Å². The molecule has 1 aliphatic heterocycles. The maximum Gasteiger partial charge on any atom is 0.222 e. The summed E-state index contributed by atoms with van der Waals surface area (Å²) in [5.74, 6) is 0.316. The van der Waals surface area contributed by atoms with Crippen LogP contribution in [0.1, 0.15) is 44.1 Å². The van der Waals surface area contributed by atoms with Crippen LogP contribution in [0.5, 0.6) is 0 Å². The monoisotopic (exact) mass is 361 g/mol. The number of nitrogens with zero attached hydrogens (tertiary/aromatic N) is 2. The smallest absolute Gasteiger partial charge is 0.222 e. The summed E-state index contributed by atoms with van der Waals surface area (Å²) in [7, 11) is 0. The van der Waals surface area contributed by atoms with Crippen LogP contribution in [0.4, 0.5) is 0 Å². The standard InChI is InChI=1S/C23H27N3O/c27-22(26-16-7-1-2-8-17-26)14-9-11-19-18-10-3-4-12-20(18)25-23(19)21-13-5-6-15-24-21/h3-6,10,12-13,15,25H,1-2,7-9,11,14,16-17H2. The van der Waals surface area contributed by atoms with E-state index in [1.165, 1.54) is 23.8 Å². The molecule has 1 aromatic carbocycles. The maximum absolute atomic E-state index is 12.6. The van der Waals surface area contributed by atoms with E-state index in [1.54, 1.807) is 0 Å². The minimum Gasteiger partial charge on any atom is -0.353 e. The summed E-state index contributed by atoms with van der Waals surface area (Å²) >= 11 is 0. The Bertz CT molecular complexity index is 892. The lowest BCUT2D eigenvalue weighted by Crippen LogP contribution is -2.31. The van der Waals surface area contributed by atoms with Crippen molar-refractivity contribution in [2.45, 2.75) is 44.9 Å². The fourth-order valence-electron chi connectivity index (χ4n) is 4.08. The van der Waals surface area contributed by atoms with Crippen LogP contribution in [0.2, 0.25) is 0 Å². The van der Waals surface area contributed by atoms with Crippen molar-refractivity contribution in [3.8, 4) is 11.4 Å². The van der Waals surface area contributed by atoms with Crippen LogP contribution in [-0.4, -0.2) is 33.9 Å². The average molecular weight is 361 g/mol. The zero-order chi connectivity index (χ0) is 18.5. The number of pyridine rings is 1. The van der Waals surface area contributed by atoms with Crippen LogP contribution < -0.4 is 0 Å². The second-order valence-corrected chi connectivity index (χ2v) is 7.39.